The van der Waals surface area contributed by atoms with Crippen LogP contribution in [0.4, 0.5) is 5.69 Å². The van der Waals surface area contributed by atoms with Crippen molar-refractivity contribution in [3.63, 3.8) is 0 Å². The summed E-state index contributed by atoms with van der Waals surface area (Å²) in [5, 5.41) is 3.38. The van der Waals surface area contributed by atoms with Gasteiger partial charge in [-0.1, -0.05) is 19.9 Å². The molecule has 0 radical (unpaired) electrons. The number of rotatable bonds is 6. The van der Waals surface area contributed by atoms with E-state index in [1.54, 1.807) is 7.11 Å². The standard InChI is InChI=1S/C15H26N2O/c1-11(2)12-6-7-13(14(10-12)18-5)17-9-8-15(3,4)16/h6-7,10-11,17H,8-9,16H2,1-5H3. The van der Waals surface area contributed by atoms with Gasteiger partial charge < -0.3 is 15.8 Å². The molecule has 0 heterocycles. The number of anilines is 1. The van der Waals surface area contributed by atoms with E-state index in [0.717, 1.165) is 24.4 Å². The maximum Gasteiger partial charge on any atom is 0.142 e. The predicted octanol–water partition coefficient (Wildman–Crippen LogP) is 3.36. The maximum absolute atomic E-state index is 5.96. The minimum absolute atomic E-state index is 0.141. The number of ether oxygens (including phenoxy) is 1. The molecule has 0 spiro atoms. The van der Waals surface area contributed by atoms with E-state index in [1.165, 1.54) is 5.56 Å². The Morgan fingerprint density at radius 3 is 2.50 bits per heavy atom. The van der Waals surface area contributed by atoms with Crippen molar-refractivity contribution in [2.75, 3.05) is 19.0 Å². The molecule has 18 heavy (non-hydrogen) atoms. The largest absolute Gasteiger partial charge is 0.495 e. The highest BCUT2D eigenvalue weighted by Gasteiger charge is 2.11. The van der Waals surface area contributed by atoms with Crippen molar-refractivity contribution < 1.29 is 4.74 Å². The molecule has 3 nitrogen and oxygen atoms in total. The molecular formula is C15H26N2O. The van der Waals surface area contributed by atoms with E-state index in [2.05, 4.69) is 37.4 Å². The minimum Gasteiger partial charge on any atom is -0.495 e. The van der Waals surface area contributed by atoms with Gasteiger partial charge in [-0.05, 0) is 43.9 Å². The van der Waals surface area contributed by atoms with Crippen molar-refractivity contribution in [2.45, 2.75) is 45.6 Å². The van der Waals surface area contributed by atoms with Gasteiger partial charge in [0.15, 0.2) is 0 Å². The lowest BCUT2D eigenvalue weighted by Crippen LogP contribution is -2.34. The molecule has 0 unspecified atom stereocenters. The van der Waals surface area contributed by atoms with Crippen LogP contribution in [-0.2, 0) is 0 Å². The highest BCUT2D eigenvalue weighted by atomic mass is 16.5. The molecule has 0 bridgehead atoms. The molecule has 0 saturated carbocycles. The molecule has 3 N–H and O–H groups in total. The summed E-state index contributed by atoms with van der Waals surface area (Å²) in [6, 6.07) is 6.32. The summed E-state index contributed by atoms with van der Waals surface area (Å²) in [5.74, 6) is 1.41. The molecule has 3 heteroatoms. The molecule has 0 aliphatic rings. The second-order valence-electron chi connectivity index (χ2n) is 5.78. The number of nitrogens with two attached hydrogens (primary N) is 1. The normalized spacial score (nSPS) is 11.7. The molecule has 0 saturated heterocycles. The number of hydrogen-bond acceptors (Lipinski definition) is 3. The summed E-state index contributed by atoms with van der Waals surface area (Å²) in [7, 11) is 1.71. The van der Waals surface area contributed by atoms with Crippen molar-refractivity contribution in [3.8, 4) is 5.75 Å². The number of methoxy groups -OCH3 is 1. The van der Waals surface area contributed by atoms with Crippen LogP contribution in [0.3, 0.4) is 0 Å². The predicted molar refractivity (Wildman–Crippen MR) is 78.5 cm³/mol. The Labute approximate surface area is 111 Å². The molecule has 0 aliphatic heterocycles. The van der Waals surface area contributed by atoms with Gasteiger partial charge in [0.25, 0.3) is 0 Å². The van der Waals surface area contributed by atoms with Crippen LogP contribution in [-0.4, -0.2) is 19.2 Å². The first kappa shape index (κ1) is 14.8. The van der Waals surface area contributed by atoms with Crippen molar-refractivity contribution in [2.24, 2.45) is 5.73 Å². The van der Waals surface area contributed by atoms with Crippen LogP contribution in [0, 0.1) is 0 Å². The van der Waals surface area contributed by atoms with Gasteiger partial charge in [0.2, 0.25) is 0 Å². The van der Waals surface area contributed by atoms with Gasteiger partial charge in [-0.25, -0.2) is 0 Å². The zero-order valence-corrected chi connectivity index (χ0v) is 12.2. The highest BCUT2D eigenvalue weighted by molar-refractivity contribution is 5.58. The van der Waals surface area contributed by atoms with E-state index in [-0.39, 0.29) is 5.54 Å². The molecule has 0 aliphatic carbocycles. The Morgan fingerprint density at radius 2 is 2.00 bits per heavy atom. The number of hydrogen-bond donors (Lipinski definition) is 2. The first-order valence-corrected chi connectivity index (χ1v) is 6.54. The summed E-state index contributed by atoms with van der Waals surface area (Å²) in [4.78, 5) is 0. The average Bonchev–Trinajstić information content (AvgIpc) is 2.27. The molecule has 102 valence electrons. The first-order chi connectivity index (χ1) is 8.33. The zero-order valence-electron chi connectivity index (χ0n) is 12.2. The van der Waals surface area contributed by atoms with Crippen LogP contribution in [0.25, 0.3) is 0 Å². The first-order valence-electron chi connectivity index (χ1n) is 6.54. The topological polar surface area (TPSA) is 47.3 Å². The molecule has 1 aromatic carbocycles. The van der Waals surface area contributed by atoms with Gasteiger partial charge in [0.05, 0.1) is 12.8 Å². The van der Waals surface area contributed by atoms with Gasteiger partial charge in [0.1, 0.15) is 5.75 Å². The maximum atomic E-state index is 5.96. The Hall–Kier alpha value is -1.22. The molecule has 1 rings (SSSR count). The van der Waals surface area contributed by atoms with Gasteiger partial charge in [-0.15, -0.1) is 0 Å². The molecule has 0 aromatic heterocycles. The second kappa shape index (κ2) is 6.10. The summed E-state index contributed by atoms with van der Waals surface area (Å²) >= 11 is 0. The van der Waals surface area contributed by atoms with E-state index in [4.69, 9.17) is 10.5 Å². The van der Waals surface area contributed by atoms with Crippen LogP contribution in [0.2, 0.25) is 0 Å². The second-order valence-corrected chi connectivity index (χ2v) is 5.78. The Morgan fingerprint density at radius 1 is 1.33 bits per heavy atom. The Bertz CT molecular complexity index is 381. The van der Waals surface area contributed by atoms with Crippen molar-refractivity contribution in [1.29, 1.82) is 0 Å². The highest BCUT2D eigenvalue weighted by Crippen LogP contribution is 2.28. The fraction of sp³-hybridized carbons (Fsp3) is 0.600. The molecule has 1 aromatic rings. The molecule has 0 atom stereocenters. The van der Waals surface area contributed by atoms with Crippen LogP contribution >= 0.6 is 0 Å². The van der Waals surface area contributed by atoms with Gasteiger partial charge in [-0.2, -0.15) is 0 Å². The van der Waals surface area contributed by atoms with Gasteiger partial charge in [0, 0.05) is 12.1 Å². The lowest BCUT2D eigenvalue weighted by Gasteiger charge is -2.20. The van der Waals surface area contributed by atoms with Crippen LogP contribution in [0.5, 0.6) is 5.75 Å². The zero-order chi connectivity index (χ0) is 13.8. The minimum atomic E-state index is -0.141. The molecule has 0 fully saturated rings. The fourth-order valence-electron chi connectivity index (χ4n) is 1.73. The Kier molecular flexibility index (Phi) is 5.03. The van der Waals surface area contributed by atoms with Crippen molar-refractivity contribution in [3.05, 3.63) is 23.8 Å². The Balaban J connectivity index is 2.71. The SMILES string of the molecule is COc1cc(C(C)C)ccc1NCCC(C)(C)N. The van der Waals surface area contributed by atoms with Gasteiger partial charge >= 0.3 is 0 Å². The lowest BCUT2D eigenvalue weighted by molar-refractivity contribution is 0.415. The van der Waals surface area contributed by atoms with E-state index < -0.39 is 0 Å². The fourth-order valence-corrected chi connectivity index (χ4v) is 1.73. The summed E-state index contributed by atoms with van der Waals surface area (Å²) in [6.45, 7) is 9.28. The van der Waals surface area contributed by atoms with Crippen molar-refractivity contribution in [1.82, 2.24) is 0 Å². The van der Waals surface area contributed by atoms with E-state index in [1.807, 2.05) is 13.8 Å². The number of benzene rings is 1. The summed E-state index contributed by atoms with van der Waals surface area (Å²) in [5.41, 5.74) is 8.14. The smallest absolute Gasteiger partial charge is 0.142 e. The summed E-state index contributed by atoms with van der Waals surface area (Å²) in [6.07, 6.45) is 0.919. The summed E-state index contributed by atoms with van der Waals surface area (Å²) < 4.78 is 5.43. The van der Waals surface area contributed by atoms with E-state index >= 15 is 0 Å². The molecular weight excluding hydrogens is 224 g/mol. The van der Waals surface area contributed by atoms with Crippen LogP contribution < -0.4 is 15.8 Å². The lowest BCUT2D eigenvalue weighted by atomic mass is 10.0. The third kappa shape index (κ3) is 4.57. The average molecular weight is 250 g/mol. The quantitative estimate of drug-likeness (QED) is 0.814. The van der Waals surface area contributed by atoms with Crippen LogP contribution in [0.15, 0.2) is 18.2 Å². The van der Waals surface area contributed by atoms with Crippen LogP contribution in [0.1, 0.15) is 45.6 Å². The number of nitrogens with one attached hydrogen (secondary N) is 1. The third-order valence-electron chi connectivity index (χ3n) is 2.98. The van der Waals surface area contributed by atoms with E-state index in [9.17, 15) is 0 Å². The van der Waals surface area contributed by atoms with E-state index in [0.29, 0.717) is 5.92 Å². The van der Waals surface area contributed by atoms with Gasteiger partial charge in [-0.3, -0.25) is 0 Å². The third-order valence-corrected chi connectivity index (χ3v) is 2.98. The molecule has 0 amide bonds. The van der Waals surface area contributed by atoms with Crippen molar-refractivity contribution >= 4 is 5.69 Å². The monoisotopic (exact) mass is 250 g/mol.